The van der Waals surface area contributed by atoms with Crippen LogP contribution in [0.1, 0.15) is 51.4 Å². The number of esters is 1. The molecule has 0 saturated heterocycles. The molecular formula is C29H38N5O7P. The molecule has 2 aromatic heterocycles. The zero-order valence-corrected chi connectivity index (χ0v) is 25.1. The summed E-state index contributed by atoms with van der Waals surface area (Å²) in [5, 5.41) is 39.4. The number of benzene rings is 1. The topological polar surface area (TPSA) is 168 Å². The molecule has 3 aromatic rings. The highest BCUT2D eigenvalue weighted by molar-refractivity contribution is 7.52. The first-order valence-electron chi connectivity index (χ1n) is 14.1. The second-order valence-corrected chi connectivity index (χ2v) is 12.4. The van der Waals surface area contributed by atoms with Crippen molar-refractivity contribution in [3.63, 3.8) is 0 Å². The van der Waals surface area contributed by atoms with E-state index in [1.54, 1.807) is 49.4 Å². The Kier molecular flexibility index (Phi) is 10.0. The Bertz CT molecular complexity index is 1460. The van der Waals surface area contributed by atoms with Crippen molar-refractivity contribution in [1.82, 2.24) is 19.7 Å². The number of hydrogen-bond acceptors (Lipinski definition) is 10. The van der Waals surface area contributed by atoms with E-state index in [1.807, 2.05) is 13.8 Å². The molecule has 226 valence electrons. The van der Waals surface area contributed by atoms with Crippen LogP contribution in [0, 0.1) is 30.1 Å². The van der Waals surface area contributed by atoms with Crippen molar-refractivity contribution in [1.29, 1.82) is 5.26 Å². The van der Waals surface area contributed by atoms with Crippen molar-refractivity contribution in [2.45, 2.75) is 70.6 Å². The molecule has 1 fully saturated rings. The fourth-order valence-electron chi connectivity index (χ4n) is 5.23. The first-order valence-corrected chi connectivity index (χ1v) is 15.6. The average molecular weight is 600 g/mol. The number of rotatable bonds is 13. The van der Waals surface area contributed by atoms with Crippen LogP contribution in [0.4, 0.5) is 0 Å². The van der Waals surface area contributed by atoms with E-state index in [4.69, 9.17) is 13.8 Å². The summed E-state index contributed by atoms with van der Waals surface area (Å²) in [6.45, 7) is 7.23. The molecule has 42 heavy (non-hydrogen) atoms. The van der Waals surface area contributed by atoms with Gasteiger partial charge in [0, 0.05) is 5.92 Å². The Labute approximate surface area is 245 Å². The Hall–Kier alpha value is -3.33. The lowest BCUT2D eigenvalue weighted by molar-refractivity contribution is -0.146. The van der Waals surface area contributed by atoms with E-state index < -0.39 is 43.3 Å². The number of aliphatic hydroxyl groups excluding tert-OH is 2. The minimum atomic E-state index is -4.22. The Morgan fingerprint density at radius 2 is 1.95 bits per heavy atom. The highest BCUT2D eigenvalue weighted by Crippen LogP contribution is 2.49. The monoisotopic (exact) mass is 599 g/mol. The maximum absolute atomic E-state index is 14.0. The van der Waals surface area contributed by atoms with Gasteiger partial charge in [0.05, 0.1) is 42.3 Å². The average Bonchev–Trinajstić information content (AvgIpc) is 3.53. The van der Waals surface area contributed by atoms with Crippen LogP contribution in [-0.4, -0.2) is 62.2 Å². The quantitative estimate of drug-likeness (QED) is 0.193. The predicted molar refractivity (Wildman–Crippen MR) is 153 cm³/mol. The number of nitrogens with one attached hydrogen (secondary N) is 1. The SMILES string of the molecule is CCC(CC)COC(=O)[C@H](C)N[P@](=O)(OC[C@H]1C[C@@](C#N)(c2ccc3c(C)ncnn23)[C@H](O)[C@@H]1O)Oc1ccccc1. The summed E-state index contributed by atoms with van der Waals surface area (Å²) in [5.74, 6) is -0.966. The van der Waals surface area contributed by atoms with Crippen molar-refractivity contribution in [2.24, 2.45) is 11.8 Å². The number of ether oxygens (including phenoxy) is 1. The number of fused-ring (bicyclic) bond motifs is 1. The van der Waals surface area contributed by atoms with Gasteiger partial charge in [-0.25, -0.2) is 14.1 Å². The normalized spacial score (nSPS) is 24.3. The highest BCUT2D eigenvalue weighted by Gasteiger charge is 2.56. The summed E-state index contributed by atoms with van der Waals surface area (Å²) >= 11 is 0. The molecule has 1 aliphatic rings. The standard InChI is InChI=1S/C29H38N5O7P/c1-5-21(6-2)15-39-28(37)20(4)33-42(38,41-23-10-8-7-9-11-23)40-16-22-14-29(17-30,27(36)26(22)35)25-13-12-24-19(3)31-18-32-34(24)25/h7-13,18,20-22,26-27,35-36H,5-6,14-16H2,1-4H3,(H,33,38)/t20-,22+,26+,27+,29+,42-/m0/s1. The summed E-state index contributed by atoms with van der Waals surface area (Å²) in [6, 6.07) is 12.9. The summed E-state index contributed by atoms with van der Waals surface area (Å²) in [6.07, 6.45) is 0.191. The van der Waals surface area contributed by atoms with Crippen molar-refractivity contribution >= 4 is 19.2 Å². The zero-order valence-electron chi connectivity index (χ0n) is 24.2. The van der Waals surface area contributed by atoms with Gasteiger partial charge in [0.25, 0.3) is 0 Å². The van der Waals surface area contributed by atoms with Crippen molar-refractivity contribution < 1.29 is 33.4 Å². The smallest absolute Gasteiger partial charge is 0.459 e. The van der Waals surface area contributed by atoms with Crippen LogP contribution in [0.3, 0.4) is 0 Å². The second-order valence-electron chi connectivity index (χ2n) is 10.7. The Morgan fingerprint density at radius 3 is 2.62 bits per heavy atom. The van der Waals surface area contributed by atoms with Gasteiger partial charge in [-0.15, -0.1) is 0 Å². The number of para-hydroxylation sites is 1. The molecule has 0 bridgehead atoms. The molecule has 0 spiro atoms. The van der Waals surface area contributed by atoms with Crippen LogP contribution in [0.15, 0.2) is 48.8 Å². The molecule has 12 nitrogen and oxygen atoms in total. The summed E-state index contributed by atoms with van der Waals surface area (Å²) in [7, 11) is -4.22. The van der Waals surface area contributed by atoms with Crippen LogP contribution in [0.25, 0.3) is 5.52 Å². The molecular weight excluding hydrogens is 561 g/mol. The number of aryl methyl sites for hydroxylation is 1. The number of hydrogen-bond donors (Lipinski definition) is 3. The molecule has 1 aliphatic carbocycles. The van der Waals surface area contributed by atoms with Crippen LogP contribution in [-0.2, 0) is 24.0 Å². The third-order valence-electron chi connectivity index (χ3n) is 7.95. The second kappa shape index (κ2) is 13.3. The molecule has 2 heterocycles. The number of nitriles is 1. The van der Waals surface area contributed by atoms with Gasteiger partial charge in [-0.1, -0.05) is 44.9 Å². The molecule has 3 N–H and O–H groups in total. The fraction of sp³-hybridized carbons (Fsp3) is 0.517. The van der Waals surface area contributed by atoms with Gasteiger partial charge in [0.15, 0.2) is 0 Å². The van der Waals surface area contributed by atoms with E-state index in [0.717, 1.165) is 12.8 Å². The number of aromatic nitrogens is 3. The molecule has 0 amide bonds. The van der Waals surface area contributed by atoms with E-state index in [1.165, 1.54) is 17.8 Å². The molecule has 4 rings (SSSR count). The minimum Gasteiger partial charge on any atom is -0.464 e. The van der Waals surface area contributed by atoms with Gasteiger partial charge >= 0.3 is 13.7 Å². The highest BCUT2D eigenvalue weighted by atomic mass is 31.2. The van der Waals surface area contributed by atoms with E-state index >= 15 is 0 Å². The third-order valence-corrected chi connectivity index (χ3v) is 9.59. The maximum Gasteiger partial charge on any atom is 0.459 e. The Morgan fingerprint density at radius 1 is 1.24 bits per heavy atom. The molecule has 6 atom stereocenters. The number of carbonyl (C=O) groups is 1. The first kappa shape index (κ1) is 31.6. The predicted octanol–water partition coefficient (Wildman–Crippen LogP) is 3.70. The molecule has 1 saturated carbocycles. The van der Waals surface area contributed by atoms with Crippen LogP contribution < -0.4 is 9.61 Å². The van der Waals surface area contributed by atoms with Crippen molar-refractivity contribution in [2.75, 3.05) is 13.2 Å². The van der Waals surface area contributed by atoms with E-state index in [9.17, 15) is 24.8 Å². The van der Waals surface area contributed by atoms with Crippen LogP contribution in [0.2, 0.25) is 0 Å². The lowest BCUT2D eigenvalue weighted by Crippen LogP contribution is -2.40. The van der Waals surface area contributed by atoms with E-state index in [-0.39, 0.29) is 31.3 Å². The zero-order chi connectivity index (χ0) is 30.5. The summed E-state index contributed by atoms with van der Waals surface area (Å²) < 4.78 is 32.4. The van der Waals surface area contributed by atoms with Gasteiger partial charge in [-0.05, 0) is 50.5 Å². The van der Waals surface area contributed by atoms with Gasteiger partial charge in [-0.3, -0.25) is 9.32 Å². The summed E-state index contributed by atoms with van der Waals surface area (Å²) in [4.78, 5) is 16.9. The van der Waals surface area contributed by atoms with Crippen molar-refractivity contribution in [3.8, 4) is 11.8 Å². The number of aliphatic hydroxyl groups is 2. The van der Waals surface area contributed by atoms with Gasteiger partial charge < -0.3 is 19.5 Å². The maximum atomic E-state index is 14.0. The van der Waals surface area contributed by atoms with E-state index in [2.05, 4.69) is 21.2 Å². The molecule has 0 radical (unpaired) electrons. The van der Waals surface area contributed by atoms with Gasteiger partial charge in [0.1, 0.15) is 29.6 Å². The molecule has 1 aromatic carbocycles. The first-order chi connectivity index (χ1) is 20.1. The fourth-order valence-corrected chi connectivity index (χ4v) is 6.77. The Balaban J connectivity index is 1.53. The van der Waals surface area contributed by atoms with Crippen LogP contribution >= 0.6 is 7.75 Å². The van der Waals surface area contributed by atoms with Crippen molar-refractivity contribution in [3.05, 3.63) is 60.2 Å². The minimum absolute atomic E-state index is 0.0145. The largest absolute Gasteiger partial charge is 0.464 e. The molecule has 0 unspecified atom stereocenters. The lowest BCUT2D eigenvalue weighted by Gasteiger charge is -2.25. The third kappa shape index (κ3) is 6.51. The van der Waals surface area contributed by atoms with Gasteiger partial charge in [0.2, 0.25) is 0 Å². The number of nitrogens with zero attached hydrogens (tertiary/aromatic N) is 4. The molecule has 0 aliphatic heterocycles. The van der Waals surface area contributed by atoms with Gasteiger partial charge in [-0.2, -0.15) is 15.4 Å². The number of carbonyl (C=O) groups excluding carboxylic acids is 1. The lowest BCUT2D eigenvalue weighted by atomic mass is 9.81. The van der Waals surface area contributed by atoms with E-state index in [0.29, 0.717) is 16.9 Å². The summed E-state index contributed by atoms with van der Waals surface area (Å²) in [5.41, 5.74) is 0.230. The van der Waals surface area contributed by atoms with Crippen LogP contribution in [0.5, 0.6) is 5.75 Å². The molecule has 13 heteroatoms.